The number of H-pyrrole nitrogens is 1. The molecule has 0 spiro atoms. The van der Waals surface area contributed by atoms with Crippen molar-refractivity contribution in [1.82, 2.24) is 14.2 Å². The van der Waals surface area contributed by atoms with E-state index in [1.54, 1.807) is 6.07 Å². The Bertz CT molecular complexity index is 1340. The van der Waals surface area contributed by atoms with Crippen LogP contribution in [0, 0.1) is 0 Å². The van der Waals surface area contributed by atoms with E-state index in [0.29, 0.717) is 11.3 Å². The first-order chi connectivity index (χ1) is 15.8. The summed E-state index contributed by atoms with van der Waals surface area (Å²) in [6.07, 6.45) is 0. The maximum absolute atomic E-state index is 12.9. The van der Waals surface area contributed by atoms with E-state index in [1.807, 2.05) is 30.3 Å². The summed E-state index contributed by atoms with van der Waals surface area (Å²) in [6.45, 7) is 1.98. The molecule has 8 nitrogen and oxygen atoms in total. The van der Waals surface area contributed by atoms with E-state index < -0.39 is 21.5 Å². The molecule has 9 heteroatoms. The van der Waals surface area contributed by atoms with Gasteiger partial charge in [0, 0.05) is 37.4 Å². The third kappa shape index (κ3) is 4.64. The van der Waals surface area contributed by atoms with Crippen molar-refractivity contribution in [1.29, 1.82) is 0 Å². The number of nitrogens with zero attached hydrogens (tertiary/aromatic N) is 2. The van der Waals surface area contributed by atoms with Gasteiger partial charge in [0.1, 0.15) is 5.56 Å². The Morgan fingerprint density at radius 3 is 2.06 bits per heavy atom. The summed E-state index contributed by atoms with van der Waals surface area (Å²) in [4.78, 5) is 41.2. The summed E-state index contributed by atoms with van der Waals surface area (Å²) in [6, 6.07) is 18.3. The van der Waals surface area contributed by atoms with Crippen LogP contribution >= 0.6 is 0 Å². The van der Waals surface area contributed by atoms with Gasteiger partial charge in [-0.2, -0.15) is 4.31 Å². The minimum atomic E-state index is -3.75. The number of aromatic amines is 1. The number of rotatable bonds is 5. The van der Waals surface area contributed by atoms with Crippen LogP contribution in [0.4, 0.5) is 0 Å². The van der Waals surface area contributed by atoms with Gasteiger partial charge < -0.3 is 9.88 Å². The average molecular weight is 466 g/mol. The topological polar surface area (TPSA) is 108 Å². The van der Waals surface area contributed by atoms with Crippen molar-refractivity contribution >= 4 is 21.7 Å². The summed E-state index contributed by atoms with van der Waals surface area (Å²) in [5.41, 5.74) is 1.42. The summed E-state index contributed by atoms with van der Waals surface area (Å²) >= 11 is 0. The van der Waals surface area contributed by atoms with Crippen molar-refractivity contribution in [2.75, 3.05) is 26.2 Å². The number of hydrogen-bond acceptors (Lipinski definition) is 5. The highest BCUT2D eigenvalue weighted by Gasteiger charge is 2.31. The van der Waals surface area contributed by atoms with Crippen molar-refractivity contribution < 1.29 is 18.0 Å². The Morgan fingerprint density at radius 1 is 0.848 bits per heavy atom. The first-order valence-corrected chi connectivity index (χ1v) is 11.9. The molecule has 33 heavy (non-hydrogen) atoms. The fraction of sp³-hybridized carbons (Fsp3) is 0.208. The maximum atomic E-state index is 12.9. The zero-order chi connectivity index (χ0) is 23.6. The van der Waals surface area contributed by atoms with E-state index >= 15 is 0 Å². The molecule has 2 heterocycles. The van der Waals surface area contributed by atoms with Crippen LogP contribution in [-0.4, -0.2) is 60.5 Å². The first-order valence-electron chi connectivity index (χ1n) is 10.5. The summed E-state index contributed by atoms with van der Waals surface area (Å²) in [7, 11) is -3.75. The summed E-state index contributed by atoms with van der Waals surface area (Å²) in [5, 5.41) is 0. The molecular formula is C24H23N3O5S. The molecule has 0 bridgehead atoms. The highest BCUT2D eigenvalue weighted by atomic mass is 32.2. The largest absolute Gasteiger partial charge is 0.336 e. The lowest BCUT2D eigenvalue weighted by Gasteiger charge is -2.34. The third-order valence-electron chi connectivity index (χ3n) is 5.65. The van der Waals surface area contributed by atoms with Gasteiger partial charge in [0.15, 0.2) is 5.78 Å². The second kappa shape index (κ2) is 9.13. The van der Waals surface area contributed by atoms with Crippen molar-refractivity contribution in [3.63, 3.8) is 0 Å². The number of nitrogens with one attached hydrogen (secondary N) is 1. The van der Waals surface area contributed by atoms with E-state index in [2.05, 4.69) is 4.98 Å². The molecule has 4 rings (SSSR count). The van der Waals surface area contributed by atoms with Gasteiger partial charge in [-0.1, -0.05) is 42.5 Å². The summed E-state index contributed by atoms with van der Waals surface area (Å²) in [5.74, 6) is -0.573. The molecule has 1 aliphatic rings. The van der Waals surface area contributed by atoms with Crippen LogP contribution < -0.4 is 5.56 Å². The maximum Gasteiger partial charge on any atom is 0.261 e. The Morgan fingerprint density at radius 2 is 1.48 bits per heavy atom. The fourth-order valence-corrected chi connectivity index (χ4v) is 5.16. The molecular weight excluding hydrogens is 442 g/mol. The number of hydrogen-bond donors (Lipinski definition) is 1. The van der Waals surface area contributed by atoms with Crippen LogP contribution in [0.2, 0.25) is 0 Å². The zero-order valence-electron chi connectivity index (χ0n) is 18.0. The van der Waals surface area contributed by atoms with E-state index in [4.69, 9.17) is 0 Å². The normalized spacial score (nSPS) is 14.8. The minimum Gasteiger partial charge on any atom is -0.336 e. The minimum absolute atomic E-state index is 0.0193. The Balaban J connectivity index is 1.45. The van der Waals surface area contributed by atoms with Gasteiger partial charge in [-0.05, 0) is 36.8 Å². The van der Waals surface area contributed by atoms with Gasteiger partial charge in [-0.25, -0.2) is 8.42 Å². The van der Waals surface area contributed by atoms with Gasteiger partial charge in [-0.3, -0.25) is 14.4 Å². The van der Waals surface area contributed by atoms with Gasteiger partial charge in [0.2, 0.25) is 10.0 Å². The van der Waals surface area contributed by atoms with Crippen molar-refractivity contribution in [2.45, 2.75) is 11.8 Å². The van der Waals surface area contributed by atoms with Crippen molar-refractivity contribution in [2.24, 2.45) is 0 Å². The number of aromatic nitrogens is 1. The van der Waals surface area contributed by atoms with Crippen LogP contribution in [0.15, 0.2) is 76.4 Å². The number of sulfonamides is 1. The molecule has 0 saturated carbocycles. The number of pyridine rings is 1. The third-order valence-corrected chi connectivity index (χ3v) is 7.56. The predicted octanol–water partition coefficient (Wildman–Crippen LogP) is 2.39. The highest BCUT2D eigenvalue weighted by Crippen LogP contribution is 2.20. The lowest BCUT2D eigenvalue weighted by atomic mass is 10.1. The van der Waals surface area contributed by atoms with Gasteiger partial charge >= 0.3 is 0 Å². The number of benzene rings is 2. The summed E-state index contributed by atoms with van der Waals surface area (Å²) < 4.78 is 27.2. The van der Waals surface area contributed by atoms with E-state index in [0.717, 1.165) is 5.56 Å². The molecule has 0 atom stereocenters. The molecule has 1 aromatic heterocycles. The smallest absolute Gasteiger partial charge is 0.261 e. The van der Waals surface area contributed by atoms with Gasteiger partial charge in [0.25, 0.3) is 11.5 Å². The average Bonchev–Trinajstić information content (AvgIpc) is 2.84. The molecule has 1 saturated heterocycles. The quantitative estimate of drug-likeness (QED) is 0.582. The molecule has 1 fully saturated rings. The number of carbonyl (C=O) groups excluding carboxylic acids is 2. The van der Waals surface area contributed by atoms with Crippen LogP contribution in [-0.2, 0) is 10.0 Å². The number of carbonyl (C=O) groups is 2. The fourth-order valence-electron chi connectivity index (χ4n) is 3.74. The SMILES string of the molecule is CC(=O)c1ccc(S(=O)(=O)N2CCN(C(=O)c3ccc(-c4ccccc4)[nH]c3=O)CC2)cc1. The zero-order valence-corrected chi connectivity index (χ0v) is 18.8. The molecule has 170 valence electrons. The molecule has 1 aliphatic heterocycles. The number of ketones is 1. The lowest BCUT2D eigenvalue weighted by Crippen LogP contribution is -2.51. The molecule has 3 aromatic rings. The molecule has 0 aliphatic carbocycles. The number of Topliss-reactive ketones (excluding diaryl/α,β-unsaturated/α-hetero) is 1. The molecule has 0 unspecified atom stereocenters. The van der Waals surface area contributed by atoms with Gasteiger partial charge in [0.05, 0.1) is 4.90 Å². The second-order valence-electron chi connectivity index (χ2n) is 7.76. The van der Waals surface area contributed by atoms with E-state index in [9.17, 15) is 22.8 Å². The Labute approximate surface area is 191 Å². The van der Waals surface area contributed by atoms with E-state index in [-0.39, 0.29) is 42.4 Å². The monoisotopic (exact) mass is 465 g/mol. The van der Waals surface area contributed by atoms with Crippen LogP contribution in [0.3, 0.4) is 0 Å². The molecule has 1 N–H and O–H groups in total. The number of piperazine rings is 1. The van der Waals surface area contributed by atoms with Gasteiger partial charge in [-0.15, -0.1) is 0 Å². The second-order valence-corrected chi connectivity index (χ2v) is 9.70. The Hall–Kier alpha value is -3.56. The van der Waals surface area contributed by atoms with Crippen molar-refractivity contribution in [3.8, 4) is 11.3 Å². The first kappa shape index (κ1) is 22.6. The van der Waals surface area contributed by atoms with E-state index in [1.165, 1.54) is 46.5 Å². The van der Waals surface area contributed by atoms with Crippen molar-refractivity contribution in [3.05, 3.63) is 88.2 Å². The highest BCUT2D eigenvalue weighted by molar-refractivity contribution is 7.89. The lowest BCUT2D eigenvalue weighted by molar-refractivity contribution is 0.0696. The van der Waals surface area contributed by atoms with Crippen LogP contribution in [0.25, 0.3) is 11.3 Å². The number of amides is 1. The molecule has 2 aromatic carbocycles. The predicted molar refractivity (Wildman–Crippen MR) is 124 cm³/mol. The van der Waals surface area contributed by atoms with Crippen LogP contribution in [0.1, 0.15) is 27.6 Å². The Kier molecular flexibility index (Phi) is 6.26. The standard InChI is InChI=1S/C24H23N3O5S/c1-17(28)18-7-9-20(10-8-18)33(31,32)27-15-13-26(14-16-27)24(30)21-11-12-22(25-23(21)29)19-5-3-2-4-6-19/h2-12H,13-16H2,1H3,(H,25,29). The molecule has 0 radical (unpaired) electrons. The molecule has 1 amide bonds. The van der Waals surface area contributed by atoms with Crippen LogP contribution in [0.5, 0.6) is 0 Å².